The van der Waals surface area contributed by atoms with Gasteiger partial charge in [-0.2, -0.15) is 0 Å². The maximum atomic E-state index is 11.0. The summed E-state index contributed by atoms with van der Waals surface area (Å²) in [5.74, 6) is -0.102. The van der Waals surface area contributed by atoms with Crippen molar-refractivity contribution in [2.24, 2.45) is 5.92 Å². The number of carboxylic acids is 1. The monoisotopic (exact) mass is 328 g/mol. The number of benzene rings is 1. The van der Waals surface area contributed by atoms with Crippen LogP contribution in [0.3, 0.4) is 0 Å². The third-order valence-electron chi connectivity index (χ3n) is 4.29. The summed E-state index contributed by atoms with van der Waals surface area (Å²) in [6, 6.07) is 6.09. The molecule has 0 atom stereocenters. The van der Waals surface area contributed by atoms with Crippen molar-refractivity contribution < 1.29 is 9.90 Å². The van der Waals surface area contributed by atoms with E-state index in [-0.39, 0.29) is 5.92 Å². The zero-order chi connectivity index (χ0) is 15.8. The quantitative estimate of drug-likeness (QED) is 0.772. The van der Waals surface area contributed by atoms with E-state index < -0.39 is 5.97 Å². The Hall–Kier alpha value is -2.41. The number of H-pyrrole nitrogens is 1. The second-order valence-corrected chi connectivity index (χ2v) is 6.62. The molecule has 0 spiro atoms. The summed E-state index contributed by atoms with van der Waals surface area (Å²) < 4.78 is 0. The number of hydrogen-bond acceptors (Lipinski definition) is 5. The Morgan fingerprint density at radius 1 is 1.35 bits per heavy atom. The maximum absolute atomic E-state index is 11.0. The minimum atomic E-state index is -0.692. The minimum Gasteiger partial charge on any atom is -0.481 e. The molecule has 7 heteroatoms. The molecule has 1 aromatic carbocycles. The Kier molecular flexibility index (Phi) is 3.49. The number of rotatable bonds is 3. The Morgan fingerprint density at radius 3 is 2.87 bits per heavy atom. The molecule has 3 heterocycles. The van der Waals surface area contributed by atoms with Gasteiger partial charge in [-0.05, 0) is 31.0 Å². The van der Waals surface area contributed by atoms with Crippen LogP contribution in [0.2, 0.25) is 0 Å². The van der Waals surface area contributed by atoms with Gasteiger partial charge in [0.15, 0.2) is 0 Å². The summed E-state index contributed by atoms with van der Waals surface area (Å²) in [6.45, 7) is 1.44. The number of nitrogens with one attached hydrogen (secondary N) is 1. The van der Waals surface area contributed by atoms with E-state index >= 15 is 0 Å². The van der Waals surface area contributed by atoms with Crippen molar-refractivity contribution in [1.82, 2.24) is 15.0 Å². The van der Waals surface area contributed by atoms with E-state index in [1.54, 1.807) is 17.5 Å². The number of hydrogen-bond donors (Lipinski definition) is 2. The van der Waals surface area contributed by atoms with E-state index in [0.29, 0.717) is 12.8 Å². The van der Waals surface area contributed by atoms with E-state index in [1.165, 1.54) is 0 Å². The molecule has 0 amide bonds. The predicted octanol–water partition coefficient (Wildman–Crippen LogP) is 2.99. The van der Waals surface area contributed by atoms with Gasteiger partial charge >= 0.3 is 5.97 Å². The van der Waals surface area contributed by atoms with Crippen LogP contribution in [0.1, 0.15) is 12.8 Å². The molecule has 6 nitrogen and oxygen atoms in total. The van der Waals surface area contributed by atoms with Crippen LogP contribution in [0.4, 0.5) is 5.95 Å². The first kappa shape index (κ1) is 14.2. The minimum absolute atomic E-state index is 0.230. The topological polar surface area (TPSA) is 82.1 Å². The highest BCUT2D eigenvalue weighted by atomic mass is 32.1. The van der Waals surface area contributed by atoms with Crippen LogP contribution in [0, 0.1) is 5.92 Å². The molecule has 1 aliphatic heterocycles. The van der Waals surface area contributed by atoms with E-state index in [2.05, 4.69) is 25.9 Å². The van der Waals surface area contributed by atoms with Crippen LogP contribution in [0.15, 0.2) is 29.8 Å². The van der Waals surface area contributed by atoms with Gasteiger partial charge < -0.3 is 15.0 Å². The Bertz CT molecular complexity index is 835. The number of carbonyl (C=O) groups is 1. The van der Waals surface area contributed by atoms with E-state index in [0.717, 1.165) is 40.6 Å². The average Bonchev–Trinajstić information content (AvgIpc) is 3.23. The third-order valence-corrected chi connectivity index (χ3v) is 5.11. The van der Waals surface area contributed by atoms with Crippen LogP contribution >= 0.6 is 11.3 Å². The standard InChI is InChI=1S/C16H16N4O2S/c21-15(22)10-3-6-20(7-4-10)16-18-12-2-1-11(9-13(12)19-16)14-17-5-8-23-14/h1-2,5,8-10H,3-4,6-7H2,(H,18,19)(H,21,22). The fourth-order valence-corrected chi connectivity index (χ4v) is 3.62. The first-order chi connectivity index (χ1) is 11.2. The van der Waals surface area contributed by atoms with Crippen LogP contribution in [-0.4, -0.2) is 39.1 Å². The van der Waals surface area contributed by atoms with Crippen LogP contribution in [0.5, 0.6) is 0 Å². The molecule has 1 aliphatic rings. The number of aromatic amines is 1. The van der Waals surface area contributed by atoms with Crippen LogP contribution < -0.4 is 4.90 Å². The van der Waals surface area contributed by atoms with Gasteiger partial charge in [-0.1, -0.05) is 0 Å². The molecule has 3 aromatic rings. The fourth-order valence-electron chi connectivity index (χ4n) is 2.98. The van der Waals surface area contributed by atoms with Crippen LogP contribution in [0.25, 0.3) is 21.6 Å². The van der Waals surface area contributed by atoms with E-state index in [4.69, 9.17) is 5.11 Å². The molecule has 0 aliphatic carbocycles. The van der Waals surface area contributed by atoms with E-state index in [9.17, 15) is 4.79 Å². The van der Waals surface area contributed by atoms with Gasteiger partial charge in [-0.15, -0.1) is 11.3 Å². The molecule has 0 unspecified atom stereocenters. The zero-order valence-electron chi connectivity index (χ0n) is 12.4. The van der Waals surface area contributed by atoms with E-state index in [1.807, 2.05) is 17.5 Å². The Morgan fingerprint density at radius 2 is 2.17 bits per heavy atom. The van der Waals surface area contributed by atoms with Gasteiger partial charge in [0.1, 0.15) is 5.01 Å². The summed E-state index contributed by atoms with van der Waals surface area (Å²) in [7, 11) is 0. The summed E-state index contributed by atoms with van der Waals surface area (Å²) in [4.78, 5) is 25.5. The zero-order valence-corrected chi connectivity index (χ0v) is 13.2. The number of imidazole rings is 1. The highest BCUT2D eigenvalue weighted by Gasteiger charge is 2.25. The highest BCUT2D eigenvalue weighted by Crippen LogP contribution is 2.28. The average molecular weight is 328 g/mol. The summed E-state index contributed by atoms with van der Waals surface area (Å²) in [5, 5.41) is 12.0. The fraction of sp³-hybridized carbons (Fsp3) is 0.312. The molecule has 1 saturated heterocycles. The van der Waals surface area contributed by atoms with Gasteiger partial charge in [0.25, 0.3) is 0 Å². The van der Waals surface area contributed by atoms with Crippen molar-refractivity contribution in [2.45, 2.75) is 12.8 Å². The lowest BCUT2D eigenvalue weighted by Gasteiger charge is -2.29. The molecule has 1 fully saturated rings. The molecule has 2 N–H and O–H groups in total. The predicted molar refractivity (Wildman–Crippen MR) is 89.8 cm³/mol. The Balaban J connectivity index is 1.59. The van der Waals surface area contributed by atoms with Crippen LogP contribution in [-0.2, 0) is 4.79 Å². The first-order valence-corrected chi connectivity index (χ1v) is 8.46. The number of anilines is 1. The van der Waals surface area contributed by atoms with Crippen molar-refractivity contribution in [2.75, 3.05) is 18.0 Å². The summed E-state index contributed by atoms with van der Waals surface area (Å²) >= 11 is 1.61. The molecular weight excluding hydrogens is 312 g/mol. The maximum Gasteiger partial charge on any atom is 0.306 e. The molecule has 118 valence electrons. The largest absolute Gasteiger partial charge is 0.481 e. The lowest BCUT2D eigenvalue weighted by molar-refractivity contribution is -0.142. The summed E-state index contributed by atoms with van der Waals surface area (Å²) in [6.07, 6.45) is 3.13. The van der Waals surface area contributed by atoms with Gasteiger partial charge in [0.2, 0.25) is 5.95 Å². The van der Waals surface area contributed by atoms with Gasteiger partial charge in [-0.25, -0.2) is 9.97 Å². The third kappa shape index (κ3) is 2.68. The molecule has 0 bridgehead atoms. The normalized spacial score (nSPS) is 16.1. The number of nitrogens with zero attached hydrogens (tertiary/aromatic N) is 3. The molecule has 4 rings (SSSR count). The van der Waals surface area contributed by atoms with Crippen molar-refractivity contribution in [3.05, 3.63) is 29.8 Å². The number of thiazole rings is 1. The smallest absolute Gasteiger partial charge is 0.306 e. The second kappa shape index (κ2) is 5.66. The number of fused-ring (bicyclic) bond motifs is 1. The molecule has 0 radical (unpaired) electrons. The van der Waals surface area contributed by atoms with Gasteiger partial charge in [0.05, 0.1) is 17.0 Å². The van der Waals surface area contributed by atoms with Gasteiger partial charge in [-0.3, -0.25) is 4.79 Å². The van der Waals surface area contributed by atoms with Crippen molar-refractivity contribution in [1.29, 1.82) is 0 Å². The number of aliphatic carboxylic acids is 1. The van der Waals surface area contributed by atoms with Crippen molar-refractivity contribution in [3.8, 4) is 10.6 Å². The van der Waals surface area contributed by atoms with Crippen molar-refractivity contribution >= 4 is 34.3 Å². The number of aromatic nitrogens is 3. The number of carboxylic acid groups (broad SMARTS) is 1. The second-order valence-electron chi connectivity index (χ2n) is 5.73. The van der Waals surface area contributed by atoms with Crippen molar-refractivity contribution in [3.63, 3.8) is 0 Å². The molecule has 23 heavy (non-hydrogen) atoms. The highest BCUT2D eigenvalue weighted by molar-refractivity contribution is 7.13. The SMILES string of the molecule is O=C(O)C1CCN(c2nc3ccc(-c4nccs4)cc3[nH]2)CC1. The van der Waals surface area contributed by atoms with Gasteiger partial charge in [0, 0.05) is 30.2 Å². The lowest BCUT2D eigenvalue weighted by atomic mass is 9.97. The molecule has 0 saturated carbocycles. The summed E-state index contributed by atoms with van der Waals surface area (Å²) in [5.41, 5.74) is 2.97. The first-order valence-electron chi connectivity index (χ1n) is 7.58. The lowest BCUT2D eigenvalue weighted by Crippen LogP contribution is -2.36. The molecule has 2 aromatic heterocycles. The Labute approximate surface area is 136 Å². The number of piperidine rings is 1. The molecular formula is C16H16N4O2S.